The van der Waals surface area contributed by atoms with E-state index in [1.165, 1.54) is 0 Å². The Morgan fingerprint density at radius 1 is 1.29 bits per heavy atom. The molecule has 1 amide bonds. The third kappa shape index (κ3) is 3.15. The van der Waals surface area contributed by atoms with E-state index >= 15 is 0 Å². The maximum atomic E-state index is 12.4. The molecule has 1 N–H and O–H groups in total. The smallest absolute Gasteiger partial charge is 0.244 e. The zero-order valence-electron chi connectivity index (χ0n) is 12.3. The standard InChI is InChI=1S/C15H21N5O/c1-2-13(20-10-4-8-18-20)14(21)16-11-15(5-6-15)12-19-9-3-7-17-19/h3-4,7-10,13H,2,5-6,11-12H2,1H3,(H,16,21). The summed E-state index contributed by atoms with van der Waals surface area (Å²) in [6, 6.07) is 3.55. The Morgan fingerprint density at radius 3 is 2.62 bits per heavy atom. The summed E-state index contributed by atoms with van der Waals surface area (Å²) in [6.07, 6.45) is 10.3. The summed E-state index contributed by atoms with van der Waals surface area (Å²) in [5, 5.41) is 11.5. The van der Waals surface area contributed by atoms with E-state index in [9.17, 15) is 4.79 Å². The van der Waals surface area contributed by atoms with Crippen LogP contribution in [-0.4, -0.2) is 32.0 Å². The van der Waals surface area contributed by atoms with Crippen molar-refractivity contribution in [2.45, 2.75) is 38.8 Å². The molecule has 0 spiro atoms. The van der Waals surface area contributed by atoms with Gasteiger partial charge < -0.3 is 5.32 Å². The van der Waals surface area contributed by atoms with Crippen LogP contribution >= 0.6 is 0 Å². The molecule has 0 radical (unpaired) electrons. The first-order valence-corrected chi connectivity index (χ1v) is 7.47. The van der Waals surface area contributed by atoms with Crippen LogP contribution in [0.3, 0.4) is 0 Å². The van der Waals surface area contributed by atoms with Gasteiger partial charge >= 0.3 is 0 Å². The Kier molecular flexibility index (Phi) is 3.77. The van der Waals surface area contributed by atoms with Crippen molar-refractivity contribution in [3.63, 3.8) is 0 Å². The van der Waals surface area contributed by atoms with E-state index in [-0.39, 0.29) is 17.4 Å². The number of nitrogens with zero attached hydrogens (tertiary/aromatic N) is 4. The van der Waals surface area contributed by atoms with Gasteiger partial charge in [0.1, 0.15) is 6.04 Å². The van der Waals surface area contributed by atoms with E-state index in [1.807, 2.05) is 36.1 Å². The number of hydrogen-bond donors (Lipinski definition) is 1. The molecule has 2 aromatic heterocycles. The van der Waals surface area contributed by atoms with Crippen LogP contribution in [0.15, 0.2) is 36.9 Å². The molecule has 0 bridgehead atoms. The molecule has 112 valence electrons. The lowest BCUT2D eigenvalue weighted by Gasteiger charge is -2.20. The lowest BCUT2D eigenvalue weighted by atomic mass is 10.1. The first kappa shape index (κ1) is 13.9. The third-order valence-electron chi connectivity index (χ3n) is 4.18. The summed E-state index contributed by atoms with van der Waals surface area (Å²) >= 11 is 0. The average molecular weight is 287 g/mol. The highest BCUT2D eigenvalue weighted by atomic mass is 16.2. The van der Waals surface area contributed by atoms with Gasteiger partial charge in [0.2, 0.25) is 5.91 Å². The van der Waals surface area contributed by atoms with Crippen LogP contribution in [0.4, 0.5) is 0 Å². The molecular weight excluding hydrogens is 266 g/mol. The minimum Gasteiger partial charge on any atom is -0.354 e. The molecule has 0 aliphatic heterocycles. The molecule has 0 aromatic carbocycles. The predicted octanol–water partition coefficient (Wildman–Crippen LogP) is 1.63. The maximum absolute atomic E-state index is 12.4. The monoisotopic (exact) mass is 287 g/mol. The number of aromatic nitrogens is 4. The van der Waals surface area contributed by atoms with Crippen LogP contribution in [0.1, 0.15) is 32.2 Å². The zero-order chi connectivity index (χ0) is 14.7. The molecule has 2 aromatic rings. The van der Waals surface area contributed by atoms with Crippen molar-refractivity contribution >= 4 is 5.91 Å². The highest BCUT2D eigenvalue weighted by Crippen LogP contribution is 2.46. The van der Waals surface area contributed by atoms with Crippen LogP contribution in [0.2, 0.25) is 0 Å². The van der Waals surface area contributed by atoms with Crippen molar-refractivity contribution < 1.29 is 4.79 Å². The fourth-order valence-electron chi connectivity index (χ4n) is 2.66. The third-order valence-corrected chi connectivity index (χ3v) is 4.18. The number of rotatable bonds is 7. The van der Waals surface area contributed by atoms with Crippen molar-refractivity contribution in [3.05, 3.63) is 36.9 Å². The van der Waals surface area contributed by atoms with E-state index in [2.05, 4.69) is 15.5 Å². The Labute approximate surface area is 124 Å². The largest absolute Gasteiger partial charge is 0.354 e. The fraction of sp³-hybridized carbons (Fsp3) is 0.533. The zero-order valence-corrected chi connectivity index (χ0v) is 12.3. The maximum Gasteiger partial charge on any atom is 0.244 e. The molecule has 1 unspecified atom stereocenters. The van der Waals surface area contributed by atoms with Gasteiger partial charge in [-0.05, 0) is 31.4 Å². The number of carbonyl (C=O) groups excluding carboxylic acids is 1. The van der Waals surface area contributed by atoms with Crippen LogP contribution in [0, 0.1) is 5.41 Å². The second-order valence-electron chi connectivity index (χ2n) is 5.83. The Hall–Kier alpha value is -2.11. The molecule has 1 saturated carbocycles. The SMILES string of the molecule is CCC(C(=O)NCC1(Cn2cccn2)CC1)n1cccn1. The molecule has 21 heavy (non-hydrogen) atoms. The van der Waals surface area contributed by atoms with E-state index in [1.54, 1.807) is 17.1 Å². The van der Waals surface area contributed by atoms with Crippen molar-refractivity contribution in [1.29, 1.82) is 0 Å². The topological polar surface area (TPSA) is 64.7 Å². The van der Waals surface area contributed by atoms with Gasteiger partial charge in [-0.15, -0.1) is 0 Å². The van der Waals surface area contributed by atoms with Crippen molar-refractivity contribution in [1.82, 2.24) is 24.9 Å². The van der Waals surface area contributed by atoms with E-state index in [0.717, 1.165) is 25.8 Å². The van der Waals surface area contributed by atoms with E-state index in [0.29, 0.717) is 6.54 Å². The minimum atomic E-state index is -0.222. The van der Waals surface area contributed by atoms with Crippen LogP contribution < -0.4 is 5.32 Å². The van der Waals surface area contributed by atoms with Gasteiger partial charge in [-0.25, -0.2) is 0 Å². The Morgan fingerprint density at radius 2 is 2.05 bits per heavy atom. The molecular formula is C15H21N5O. The molecule has 1 aliphatic rings. The second-order valence-corrected chi connectivity index (χ2v) is 5.83. The van der Waals surface area contributed by atoms with E-state index < -0.39 is 0 Å². The average Bonchev–Trinajstić information content (AvgIpc) is 2.89. The highest BCUT2D eigenvalue weighted by Gasteiger charge is 2.43. The van der Waals surface area contributed by atoms with Gasteiger partial charge in [-0.1, -0.05) is 6.92 Å². The van der Waals surface area contributed by atoms with Gasteiger partial charge in [0, 0.05) is 43.3 Å². The quantitative estimate of drug-likeness (QED) is 0.841. The van der Waals surface area contributed by atoms with E-state index in [4.69, 9.17) is 0 Å². The molecule has 6 nitrogen and oxygen atoms in total. The Bertz CT molecular complexity index is 571. The van der Waals surface area contributed by atoms with Crippen molar-refractivity contribution in [2.75, 3.05) is 6.54 Å². The second kappa shape index (κ2) is 5.71. The lowest BCUT2D eigenvalue weighted by Crippen LogP contribution is -2.37. The Balaban J connectivity index is 1.56. The fourth-order valence-corrected chi connectivity index (χ4v) is 2.66. The molecule has 6 heteroatoms. The minimum absolute atomic E-state index is 0.0490. The van der Waals surface area contributed by atoms with Crippen molar-refractivity contribution in [3.8, 4) is 0 Å². The van der Waals surface area contributed by atoms with Crippen LogP contribution in [-0.2, 0) is 11.3 Å². The molecule has 2 heterocycles. The number of amides is 1. The summed E-state index contributed by atoms with van der Waals surface area (Å²) in [7, 11) is 0. The predicted molar refractivity (Wildman–Crippen MR) is 78.5 cm³/mol. The molecule has 1 aliphatic carbocycles. The lowest BCUT2D eigenvalue weighted by molar-refractivity contribution is -0.125. The summed E-state index contributed by atoms with van der Waals surface area (Å²) in [6.45, 7) is 3.59. The van der Waals surface area contributed by atoms with Crippen LogP contribution in [0.25, 0.3) is 0 Å². The summed E-state index contributed by atoms with van der Waals surface area (Å²) in [4.78, 5) is 12.4. The summed E-state index contributed by atoms with van der Waals surface area (Å²) < 4.78 is 3.67. The number of hydrogen-bond acceptors (Lipinski definition) is 3. The molecule has 1 fully saturated rings. The summed E-state index contributed by atoms with van der Waals surface area (Å²) in [5.74, 6) is 0.0490. The molecule has 0 saturated heterocycles. The van der Waals surface area contributed by atoms with Crippen LogP contribution in [0.5, 0.6) is 0 Å². The highest BCUT2D eigenvalue weighted by molar-refractivity contribution is 5.80. The van der Waals surface area contributed by atoms with Crippen molar-refractivity contribution in [2.24, 2.45) is 5.41 Å². The van der Waals surface area contributed by atoms with Gasteiger partial charge in [0.15, 0.2) is 0 Å². The molecule has 3 rings (SSSR count). The van der Waals surface area contributed by atoms with Gasteiger partial charge in [-0.3, -0.25) is 14.2 Å². The number of nitrogens with one attached hydrogen (secondary N) is 1. The van der Waals surface area contributed by atoms with Gasteiger partial charge in [-0.2, -0.15) is 10.2 Å². The number of carbonyl (C=O) groups is 1. The van der Waals surface area contributed by atoms with Gasteiger partial charge in [0.05, 0.1) is 0 Å². The molecule has 1 atom stereocenters. The normalized spacial score (nSPS) is 17.4. The first-order valence-electron chi connectivity index (χ1n) is 7.47. The summed E-state index contributed by atoms with van der Waals surface area (Å²) in [5.41, 5.74) is 0.185. The van der Waals surface area contributed by atoms with Gasteiger partial charge in [0.25, 0.3) is 0 Å². The first-order chi connectivity index (χ1) is 10.2.